The van der Waals surface area contributed by atoms with Crippen molar-refractivity contribution in [3.63, 3.8) is 0 Å². The third-order valence-electron chi connectivity index (χ3n) is 3.30. The van der Waals surface area contributed by atoms with Crippen molar-refractivity contribution >= 4 is 27.9 Å². The molecule has 0 atom stereocenters. The van der Waals surface area contributed by atoms with Crippen LogP contribution in [-0.4, -0.2) is 34.6 Å². The van der Waals surface area contributed by atoms with Crippen molar-refractivity contribution in [2.75, 3.05) is 13.1 Å². The number of aliphatic hydroxyl groups is 1. The first kappa shape index (κ1) is 13.4. The number of β-amino-alcohol motifs (C(OH)–C–C–N with tert-alkyl or cyclic N) is 1. The maximum Gasteiger partial charge on any atom is 0.246 e. The molecule has 0 spiro atoms. The molecule has 1 aliphatic heterocycles. The fourth-order valence-corrected chi connectivity index (χ4v) is 2.13. The molecule has 2 rings (SSSR count). The quantitative estimate of drug-likeness (QED) is 0.871. The molecule has 0 aliphatic carbocycles. The van der Waals surface area contributed by atoms with Crippen LogP contribution in [0.2, 0.25) is 0 Å². The number of furan rings is 1. The Bertz CT molecular complexity index is 472. The minimum Gasteiger partial charge on any atom is -0.450 e. The number of hydrogen-bond donors (Lipinski definition) is 1. The normalized spacial score (nSPS) is 18.4. The van der Waals surface area contributed by atoms with Crippen LogP contribution in [0.1, 0.15) is 19.6 Å². The lowest BCUT2D eigenvalue weighted by atomic mass is 9.83. The molecule has 0 saturated carbocycles. The van der Waals surface area contributed by atoms with E-state index in [1.165, 1.54) is 6.08 Å². The van der Waals surface area contributed by atoms with Gasteiger partial charge in [-0.2, -0.15) is 0 Å². The van der Waals surface area contributed by atoms with Crippen LogP contribution in [0.3, 0.4) is 0 Å². The third-order valence-corrected chi connectivity index (χ3v) is 3.73. The highest BCUT2D eigenvalue weighted by atomic mass is 79.9. The average Bonchev–Trinajstić information content (AvgIpc) is 2.67. The Labute approximate surface area is 114 Å². The van der Waals surface area contributed by atoms with Gasteiger partial charge in [0, 0.05) is 6.08 Å². The van der Waals surface area contributed by atoms with E-state index in [9.17, 15) is 9.90 Å². The Morgan fingerprint density at radius 3 is 2.72 bits per heavy atom. The summed E-state index contributed by atoms with van der Waals surface area (Å²) in [5, 5.41) is 10.1. The summed E-state index contributed by atoms with van der Waals surface area (Å²) in [7, 11) is 0. The number of nitrogens with zero attached hydrogens (tertiary/aromatic N) is 1. The average molecular weight is 314 g/mol. The van der Waals surface area contributed by atoms with Crippen LogP contribution in [0.5, 0.6) is 0 Å². The van der Waals surface area contributed by atoms with Gasteiger partial charge in [0.25, 0.3) is 0 Å². The van der Waals surface area contributed by atoms with E-state index >= 15 is 0 Å². The molecule has 1 amide bonds. The molecule has 5 heteroatoms. The highest BCUT2D eigenvalue weighted by Gasteiger charge is 2.45. The van der Waals surface area contributed by atoms with E-state index in [2.05, 4.69) is 15.9 Å². The standard InChI is InChI=1S/C13H16BrNO3/c1-9(2)13(17)7-15(8-13)12(16)6-4-10-3-5-11(14)18-10/h3-6,9,17H,7-8H2,1-2H3. The van der Waals surface area contributed by atoms with Crippen molar-refractivity contribution in [1.82, 2.24) is 4.90 Å². The smallest absolute Gasteiger partial charge is 0.246 e. The van der Waals surface area contributed by atoms with Gasteiger partial charge in [0.15, 0.2) is 4.67 Å². The number of likely N-dealkylation sites (tertiary alicyclic amines) is 1. The molecule has 1 saturated heterocycles. The first-order valence-electron chi connectivity index (χ1n) is 5.85. The van der Waals surface area contributed by atoms with Gasteiger partial charge < -0.3 is 14.4 Å². The molecule has 0 bridgehead atoms. The molecule has 1 N–H and O–H groups in total. The zero-order valence-corrected chi connectivity index (χ0v) is 12.0. The van der Waals surface area contributed by atoms with Crippen molar-refractivity contribution in [3.8, 4) is 0 Å². The highest BCUT2D eigenvalue weighted by molar-refractivity contribution is 9.10. The van der Waals surface area contributed by atoms with Crippen LogP contribution in [0.25, 0.3) is 6.08 Å². The minimum atomic E-state index is -0.725. The Morgan fingerprint density at radius 1 is 1.56 bits per heavy atom. The summed E-state index contributed by atoms with van der Waals surface area (Å²) in [4.78, 5) is 13.4. The number of hydrogen-bond acceptors (Lipinski definition) is 3. The van der Waals surface area contributed by atoms with Crippen molar-refractivity contribution in [3.05, 3.63) is 28.6 Å². The van der Waals surface area contributed by atoms with Crippen LogP contribution in [0, 0.1) is 5.92 Å². The fraction of sp³-hybridized carbons (Fsp3) is 0.462. The first-order valence-corrected chi connectivity index (χ1v) is 6.65. The molecule has 1 fully saturated rings. The molecule has 0 radical (unpaired) electrons. The molecule has 1 aliphatic rings. The minimum absolute atomic E-state index is 0.104. The lowest BCUT2D eigenvalue weighted by molar-refractivity contribution is -0.158. The summed E-state index contributed by atoms with van der Waals surface area (Å²) >= 11 is 3.19. The Morgan fingerprint density at radius 2 is 2.22 bits per heavy atom. The van der Waals surface area contributed by atoms with Crippen LogP contribution < -0.4 is 0 Å². The third kappa shape index (κ3) is 2.67. The second kappa shape index (κ2) is 4.90. The second-order valence-corrected chi connectivity index (χ2v) is 5.71. The number of amides is 1. The van der Waals surface area contributed by atoms with Crippen molar-refractivity contribution in [2.45, 2.75) is 19.4 Å². The molecule has 18 heavy (non-hydrogen) atoms. The van der Waals surface area contributed by atoms with E-state index in [1.54, 1.807) is 23.1 Å². The monoisotopic (exact) mass is 313 g/mol. The summed E-state index contributed by atoms with van der Waals surface area (Å²) in [6.45, 7) is 4.71. The van der Waals surface area contributed by atoms with Gasteiger partial charge >= 0.3 is 0 Å². The molecule has 0 unspecified atom stereocenters. The Balaban J connectivity index is 1.89. The molecule has 98 valence electrons. The Hall–Kier alpha value is -1.07. The zero-order valence-electron chi connectivity index (χ0n) is 10.4. The van der Waals surface area contributed by atoms with Gasteiger partial charge in [-0.25, -0.2) is 0 Å². The van der Waals surface area contributed by atoms with Crippen molar-refractivity contribution in [1.29, 1.82) is 0 Å². The molecule has 1 aromatic heterocycles. The Kier molecular flexibility index (Phi) is 3.64. The topological polar surface area (TPSA) is 53.7 Å². The van der Waals surface area contributed by atoms with E-state index in [-0.39, 0.29) is 11.8 Å². The van der Waals surface area contributed by atoms with Crippen LogP contribution >= 0.6 is 15.9 Å². The van der Waals surface area contributed by atoms with Gasteiger partial charge in [0.2, 0.25) is 5.91 Å². The van der Waals surface area contributed by atoms with Gasteiger partial charge in [0.1, 0.15) is 11.4 Å². The van der Waals surface area contributed by atoms with Gasteiger partial charge in [-0.3, -0.25) is 4.79 Å². The molecule has 0 aromatic carbocycles. The first-order chi connectivity index (χ1) is 8.40. The molecule has 4 nitrogen and oxygen atoms in total. The predicted octanol–water partition coefficient (Wildman–Crippen LogP) is 2.28. The van der Waals surface area contributed by atoms with Crippen LogP contribution in [-0.2, 0) is 4.79 Å². The van der Waals surface area contributed by atoms with Gasteiger partial charge in [-0.1, -0.05) is 13.8 Å². The number of rotatable bonds is 3. The largest absolute Gasteiger partial charge is 0.450 e. The van der Waals surface area contributed by atoms with E-state index in [0.29, 0.717) is 23.5 Å². The summed E-state index contributed by atoms with van der Waals surface area (Å²) in [6.07, 6.45) is 3.09. The summed E-state index contributed by atoms with van der Waals surface area (Å²) in [5.74, 6) is 0.675. The SMILES string of the molecule is CC(C)C1(O)CN(C(=O)C=Cc2ccc(Br)o2)C1. The predicted molar refractivity (Wildman–Crippen MR) is 71.8 cm³/mol. The maximum atomic E-state index is 11.8. The van der Waals surface area contributed by atoms with E-state index < -0.39 is 5.60 Å². The fourth-order valence-electron chi connectivity index (χ4n) is 1.81. The second-order valence-electron chi connectivity index (χ2n) is 4.93. The van der Waals surface area contributed by atoms with E-state index in [1.807, 2.05) is 13.8 Å². The molecule has 2 heterocycles. The van der Waals surface area contributed by atoms with Gasteiger partial charge in [-0.05, 0) is 40.1 Å². The molecule has 1 aromatic rings. The maximum absolute atomic E-state index is 11.8. The number of carbonyl (C=O) groups excluding carboxylic acids is 1. The molecular formula is C13H16BrNO3. The lowest BCUT2D eigenvalue weighted by Crippen LogP contribution is -2.65. The van der Waals surface area contributed by atoms with Crippen LogP contribution in [0.4, 0.5) is 0 Å². The van der Waals surface area contributed by atoms with Crippen molar-refractivity contribution in [2.24, 2.45) is 5.92 Å². The van der Waals surface area contributed by atoms with Gasteiger partial charge in [-0.15, -0.1) is 0 Å². The van der Waals surface area contributed by atoms with Crippen LogP contribution in [0.15, 0.2) is 27.3 Å². The van der Waals surface area contributed by atoms with Gasteiger partial charge in [0.05, 0.1) is 13.1 Å². The zero-order chi connectivity index (χ0) is 13.3. The van der Waals surface area contributed by atoms with E-state index in [0.717, 1.165) is 0 Å². The van der Waals surface area contributed by atoms with E-state index in [4.69, 9.17) is 4.42 Å². The van der Waals surface area contributed by atoms with Crippen molar-refractivity contribution < 1.29 is 14.3 Å². The summed E-state index contributed by atoms with van der Waals surface area (Å²) in [5.41, 5.74) is -0.725. The summed E-state index contributed by atoms with van der Waals surface area (Å²) < 4.78 is 5.89. The molecular weight excluding hydrogens is 298 g/mol. The number of halogens is 1. The number of carbonyl (C=O) groups is 1. The summed E-state index contributed by atoms with van der Waals surface area (Å²) in [6, 6.07) is 3.54. The lowest BCUT2D eigenvalue weighted by Gasteiger charge is -2.48. The highest BCUT2D eigenvalue weighted by Crippen LogP contribution is 2.28.